The molecule has 4 aromatic rings. The quantitative estimate of drug-likeness (QED) is 0.0890. The van der Waals surface area contributed by atoms with E-state index in [2.05, 4.69) is 94.9 Å². The Hall–Kier alpha value is -2.72. The number of carbonyl (C=O) groups excluding carboxylic acids is 1. The molecule has 1 heterocycles. The van der Waals surface area contributed by atoms with Crippen molar-refractivity contribution in [2.24, 2.45) is 0 Å². The van der Waals surface area contributed by atoms with E-state index in [9.17, 15) is 14.7 Å². The fourth-order valence-corrected chi connectivity index (χ4v) is 8.18. The molecule has 1 N–H and O–H groups in total. The van der Waals surface area contributed by atoms with E-state index in [1.807, 2.05) is 24.3 Å². The standard InChI is InChI=1S/C36H28Br4O5/c1-2-3-4-5-6-9-12-44-36(43)24-16-22-14-20-11-8-7-10-19(20)13-21(22)15-23(24)29-25-17-27(37)32(41)30(39)34(25)45-35-26(29)18-28(38)33(42)31(35)40/h7-8,10-11,13-18,41H,2-6,9,12H2,1H3. The van der Waals surface area contributed by atoms with Crippen molar-refractivity contribution >= 4 is 102 Å². The monoisotopic (exact) mass is 856 g/mol. The lowest BCUT2D eigenvalue weighted by molar-refractivity contribution is 0.0498. The molecule has 0 unspecified atom stereocenters. The van der Waals surface area contributed by atoms with Crippen LogP contribution in [-0.2, 0) is 4.74 Å². The highest BCUT2D eigenvalue weighted by Crippen LogP contribution is 2.50. The van der Waals surface area contributed by atoms with Gasteiger partial charge < -0.3 is 14.3 Å². The number of halogens is 4. The molecule has 0 bridgehead atoms. The van der Waals surface area contributed by atoms with Crippen LogP contribution >= 0.6 is 63.7 Å². The van der Waals surface area contributed by atoms with E-state index in [4.69, 9.17) is 9.15 Å². The van der Waals surface area contributed by atoms with Gasteiger partial charge in [-0.15, -0.1) is 0 Å². The molecule has 0 spiro atoms. The molecule has 0 radical (unpaired) electrons. The zero-order valence-electron chi connectivity index (χ0n) is 24.3. The molecule has 0 saturated heterocycles. The van der Waals surface area contributed by atoms with Crippen molar-refractivity contribution in [3.8, 4) is 28.2 Å². The van der Waals surface area contributed by atoms with Gasteiger partial charge in [0.1, 0.15) is 14.7 Å². The second-order valence-electron chi connectivity index (χ2n) is 11.1. The summed E-state index contributed by atoms with van der Waals surface area (Å²) in [4.78, 5) is 26.9. The minimum Gasteiger partial charge on any atom is -0.505 e. The third kappa shape index (κ3) is 6.21. The smallest absolute Gasteiger partial charge is 0.338 e. The third-order valence-electron chi connectivity index (χ3n) is 8.08. The first-order valence-electron chi connectivity index (χ1n) is 14.8. The molecule has 9 heteroatoms. The van der Waals surface area contributed by atoms with E-state index in [0.29, 0.717) is 53.2 Å². The lowest BCUT2D eigenvalue weighted by Gasteiger charge is -2.20. The summed E-state index contributed by atoms with van der Waals surface area (Å²) in [6.07, 6.45) is 6.50. The Morgan fingerprint density at radius 1 is 0.778 bits per heavy atom. The molecule has 45 heavy (non-hydrogen) atoms. The van der Waals surface area contributed by atoms with Crippen LogP contribution < -0.4 is 5.43 Å². The predicted molar refractivity (Wildman–Crippen MR) is 196 cm³/mol. The van der Waals surface area contributed by atoms with Gasteiger partial charge in [-0.1, -0.05) is 63.3 Å². The summed E-state index contributed by atoms with van der Waals surface area (Å²) in [5.74, 6) is -0.181. The lowest BCUT2D eigenvalue weighted by Crippen LogP contribution is -2.10. The van der Waals surface area contributed by atoms with Crippen LogP contribution in [0.25, 0.3) is 55.0 Å². The van der Waals surface area contributed by atoms with Crippen LogP contribution in [0.3, 0.4) is 0 Å². The number of rotatable bonds is 9. The van der Waals surface area contributed by atoms with Crippen LogP contribution in [0.5, 0.6) is 5.75 Å². The summed E-state index contributed by atoms with van der Waals surface area (Å²) >= 11 is 13.8. The summed E-state index contributed by atoms with van der Waals surface area (Å²) in [7, 11) is 0. The van der Waals surface area contributed by atoms with E-state index in [1.54, 1.807) is 12.1 Å². The highest BCUT2D eigenvalue weighted by atomic mass is 79.9. The van der Waals surface area contributed by atoms with Crippen LogP contribution in [0.1, 0.15) is 55.8 Å². The third-order valence-corrected chi connectivity index (χ3v) is 10.7. The summed E-state index contributed by atoms with van der Waals surface area (Å²) in [6, 6.07) is 19.7. The molecule has 0 atom stereocenters. The van der Waals surface area contributed by atoms with Gasteiger partial charge in [0.15, 0.2) is 11.3 Å². The fraction of sp³-hybridized carbons (Fsp3) is 0.222. The average molecular weight is 860 g/mol. The maximum absolute atomic E-state index is 14.0. The Balaban J connectivity index is 1.61. The van der Waals surface area contributed by atoms with Crippen LogP contribution in [0.15, 0.2) is 87.8 Å². The maximum Gasteiger partial charge on any atom is 0.338 e. The number of hydrogen-bond donors (Lipinski definition) is 1. The summed E-state index contributed by atoms with van der Waals surface area (Å²) in [5.41, 5.74) is 2.34. The van der Waals surface area contributed by atoms with Crippen molar-refractivity contribution in [2.45, 2.75) is 45.4 Å². The first-order valence-corrected chi connectivity index (χ1v) is 18.0. The van der Waals surface area contributed by atoms with Gasteiger partial charge in [-0.3, -0.25) is 4.79 Å². The van der Waals surface area contributed by atoms with Crippen molar-refractivity contribution < 1.29 is 19.1 Å². The minimum atomic E-state index is -0.425. The van der Waals surface area contributed by atoms with E-state index in [1.165, 1.54) is 19.3 Å². The van der Waals surface area contributed by atoms with Gasteiger partial charge in [-0.25, -0.2) is 4.79 Å². The number of phenolic OH excluding ortho intramolecular Hbond substituents is 1. The molecule has 2 aliphatic rings. The van der Waals surface area contributed by atoms with Gasteiger partial charge in [-0.2, -0.15) is 0 Å². The number of phenols is 1. The molecule has 5 nitrogen and oxygen atoms in total. The molecule has 0 aromatic heterocycles. The van der Waals surface area contributed by atoms with Crippen molar-refractivity contribution in [2.75, 3.05) is 6.61 Å². The Labute approximate surface area is 293 Å². The maximum atomic E-state index is 14.0. The van der Waals surface area contributed by atoms with Crippen LogP contribution in [-0.4, -0.2) is 17.7 Å². The topological polar surface area (TPSA) is 76.7 Å². The Morgan fingerprint density at radius 2 is 1.44 bits per heavy atom. The van der Waals surface area contributed by atoms with Gasteiger partial charge in [0.2, 0.25) is 5.43 Å². The highest BCUT2D eigenvalue weighted by Gasteiger charge is 2.28. The Kier molecular flexibility index (Phi) is 9.71. The van der Waals surface area contributed by atoms with Gasteiger partial charge in [0, 0.05) is 16.5 Å². The number of esters is 1. The average Bonchev–Trinajstić information content (AvgIpc) is 3.03. The second kappa shape index (κ2) is 13.6. The van der Waals surface area contributed by atoms with Crippen molar-refractivity contribution in [1.29, 1.82) is 0 Å². The van der Waals surface area contributed by atoms with Gasteiger partial charge >= 0.3 is 5.97 Å². The zero-order chi connectivity index (χ0) is 31.8. The van der Waals surface area contributed by atoms with Gasteiger partial charge in [-0.05, 0) is 134 Å². The number of benzene rings is 5. The lowest BCUT2D eigenvalue weighted by atomic mass is 9.88. The summed E-state index contributed by atoms with van der Waals surface area (Å²) < 4.78 is 13.5. The normalized spacial score (nSPS) is 11.7. The van der Waals surface area contributed by atoms with Crippen LogP contribution in [0.4, 0.5) is 0 Å². The number of unbranched alkanes of at least 4 members (excludes halogenated alkanes) is 5. The van der Waals surface area contributed by atoms with Crippen molar-refractivity contribution in [3.05, 3.63) is 94.3 Å². The molecule has 1 aliphatic carbocycles. The number of carbonyl (C=O) groups is 1. The predicted octanol–water partition coefficient (Wildman–Crippen LogP) is 12.1. The largest absolute Gasteiger partial charge is 0.505 e. The first-order chi connectivity index (χ1) is 21.7. The van der Waals surface area contributed by atoms with Crippen molar-refractivity contribution in [3.63, 3.8) is 0 Å². The van der Waals surface area contributed by atoms with E-state index >= 15 is 0 Å². The van der Waals surface area contributed by atoms with Crippen LogP contribution in [0, 0.1) is 0 Å². The molecular weight excluding hydrogens is 832 g/mol. The molecular formula is C36H28Br4O5. The second-order valence-corrected chi connectivity index (χ2v) is 14.4. The molecule has 1 aliphatic heterocycles. The number of aromatic hydroxyl groups is 1. The summed E-state index contributed by atoms with van der Waals surface area (Å²) in [5, 5.41) is 15.4. The first kappa shape index (κ1) is 32.2. The van der Waals surface area contributed by atoms with Gasteiger partial charge in [0.05, 0.1) is 21.1 Å². The van der Waals surface area contributed by atoms with Gasteiger partial charge in [0.25, 0.3) is 0 Å². The molecule has 6 rings (SSSR count). The van der Waals surface area contributed by atoms with E-state index in [0.717, 1.165) is 40.8 Å². The molecule has 0 saturated carbocycles. The molecule has 0 amide bonds. The van der Waals surface area contributed by atoms with E-state index < -0.39 is 5.97 Å². The molecule has 0 fully saturated rings. The summed E-state index contributed by atoms with van der Waals surface area (Å²) in [6.45, 7) is 2.52. The number of ether oxygens (including phenoxy) is 1. The Morgan fingerprint density at radius 3 is 2.16 bits per heavy atom. The van der Waals surface area contributed by atoms with Crippen LogP contribution in [0.2, 0.25) is 0 Å². The minimum absolute atomic E-state index is 0.0457. The number of hydrogen-bond acceptors (Lipinski definition) is 5. The SMILES string of the molecule is CCCCCCCCOC(=O)c1cc2cc3ccccc3cc2cc1-c1c2cc(Br)c(=O)c(Br)c-2oc2c(Br)c(O)c(Br)cc12. The van der Waals surface area contributed by atoms with E-state index in [-0.39, 0.29) is 21.4 Å². The zero-order valence-corrected chi connectivity index (χ0v) is 30.7. The Bertz CT molecular complexity index is 2140. The highest BCUT2D eigenvalue weighted by molar-refractivity contribution is 9.11. The molecule has 4 aromatic carbocycles. The molecule has 230 valence electrons. The number of fused-ring (bicyclic) bond motifs is 4. The fourth-order valence-electron chi connectivity index (χ4n) is 5.78. The van der Waals surface area contributed by atoms with Crippen molar-refractivity contribution in [1.82, 2.24) is 0 Å².